The standard InChI is InChI=1S/2C2H2INO3/c2*3-4-1(5)2(6)7/h2*(H,4,5)(H,6,7). The average Bonchev–Trinajstić information content (AvgIpc) is 2.15. The van der Waals surface area contributed by atoms with Crippen LogP contribution in [0.5, 0.6) is 0 Å². The van der Waals surface area contributed by atoms with Crippen LogP contribution in [0.3, 0.4) is 0 Å². The van der Waals surface area contributed by atoms with Crippen LogP contribution in [0.25, 0.3) is 0 Å². The van der Waals surface area contributed by atoms with Crippen molar-refractivity contribution in [2.75, 3.05) is 0 Å². The van der Waals surface area contributed by atoms with Gasteiger partial charge in [-0.1, -0.05) is 0 Å². The Morgan fingerprint density at radius 3 is 1.00 bits per heavy atom. The number of carboxylic acid groups (broad SMARTS) is 2. The van der Waals surface area contributed by atoms with Crippen LogP contribution < -0.4 is 7.06 Å². The zero-order valence-electron chi connectivity index (χ0n) is 6.28. The molecule has 0 saturated carbocycles. The molecule has 0 bridgehead atoms. The number of hydrogen-bond donors (Lipinski definition) is 4. The van der Waals surface area contributed by atoms with Gasteiger partial charge in [-0.25, -0.2) is 9.59 Å². The summed E-state index contributed by atoms with van der Waals surface area (Å²) >= 11 is 2.90. The fourth-order valence-electron chi connectivity index (χ4n) is 0.0808. The van der Waals surface area contributed by atoms with Gasteiger partial charge in [-0.3, -0.25) is 16.6 Å². The van der Waals surface area contributed by atoms with Gasteiger partial charge in [0.2, 0.25) is 0 Å². The lowest BCUT2D eigenvalue weighted by molar-refractivity contribution is -0.149. The molecule has 0 radical (unpaired) electrons. The fourth-order valence-corrected chi connectivity index (χ4v) is 0.542. The predicted octanol–water partition coefficient (Wildman–Crippen LogP) is -0.926. The molecular formula is C4H4I2N2O6. The second-order valence-electron chi connectivity index (χ2n) is 1.46. The van der Waals surface area contributed by atoms with Crippen LogP contribution in [0.1, 0.15) is 0 Å². The van der Waals surface area contributed by atoms with Gasteiger partial charge in [0, 0.05) is 0 Å². The Hall–Kier alpha value is -0.660. The largest absolute Gasteiger partial charge is 0.474 e. The highest BCUT2D eigenvalue weighted by atomic mass is 127. The summed E-state index contributed by atoms with van der Waals surface area (Å²) in [7, 11) is 0. The van der Waals surface area contributed by atoms with E-state index in [0.29, 0.717) is 0 Å². The summed E-state index contributed by atoms with van der Waals surface area (Å²) in [4.78, 5) is 38.6. The van der Waals surface area contributed by atoms with Crippen LogP contribution in [-0.4, -0.2) is 34.0 Å². The second-order valence-corrected chi connectivity index (χ2v) is 2.54. The third-order valence-corrected chi connectivity index (χ3v) is 1.54. The van der Waals surface area contributed by atoms with Crippen molar-refractivity contribution >= 4 is 69.5 Å². The summed E-state index contributed by atoms with van der Waals surface area (Å²) in [6.07, 6.45) is 0. The van der Waals surface area contributed by atoms with Gasteiger partial charge in [-0.05, 0) is 0 Å². The topological polar surface area (TPSA) is 133 Å². The molecule has 8 nitrogen and oxygen atoms in total. The summed E-state index contributed by atoms with van der Waals surface area (Å²) in [5.74, 6) is -4.93. The first-order chi connectivity index (χ1) is 6.36. The van der Waals surface area contributed by atoms with E-state index in [1.54, 1.807) is 0 Å². The van der Waals surface area contributed by atoms with E-state index in [1.165, 1.54) is 45.7 Å². The van der Waals surface area contributed by atoms with E-state index in [4.69, 9.17) is 10.2 Å². The number of carbonyl (C=O) groups excluding carboxylic acids is 2. The van der Waals surface area contributed by atoms with E-state index in [9.17, 15) is 19.2 Å². The third-order valence-electron chi connectivity index (χ3n) is 0.560. The Morgan fingerprint density at radius 1 is 0.786 bits per heavy atom. The lowest BCUT2D eigenvalue weighted by Crippen LogP contribution is -2.21. The predicted molar refractivity (Wildman–Crippen MR) is 59.6 cm³/mol. The van der Waals surface area contributed by atoms with Crippen LogP contribution in [0, 0.1) is 0 Å². The molecule has 0 aromatic rings. The number of rotatable bonds is 0. The number of halogens is 2. The van der Waals surface area contributed by atoms with E-state index in [2.05, 4.69) is 0 Å². The average molecular weight is 430 g/mol. The molecule has 2 amide bonds. The van der Waals surface area contributed by atoms with Crippen molar-refractivity contribution in [1.82, 2.24) is 7.06 Å². The molecule has 10 heteroatoms. The number of nitrogens with one attached hydrogen (secondary N) is 2. The summed E-state index contributed by atoms with van der Waals surface area (Å²) < 4.78 is 3.79. The van der Waals surface area contributed by atoms with Crippen LogP contribution >= 0.6 is 45.7 Å². The molecule has 0 aromatic heterocycles. The number of carbonyl (C=O) groups is 4. The van der Waals surface area contributed by atoms with E-state index in [0.717, 1.165) is 0 Å². The molecule has 0 fully saturated rings. The molecule has 0 aliphatic rings. The quantitative estimate of drug-likeness (QED) is 0.223. The highest BCUT2D eigenvalue weighted by Gasteiger charge is 2.06. The number of hydrogen-bond acceptors (Lipinski definition) is 4. The molecule has 0 saturated heterocycles. The van der Waals surface area contributed by atoms with Gasteiger partial charge < -0.3 is 10.2 Å². The minimum absolute atomic E-state index is 0.999. The Bertz CT molecular complexity index is 228. The smallest absolute Gasteiger partial charge is 0.395 e. The molecule has 0 atom stereocenters. The maximum absolute atomic E-state index is 9.79. The first kappa shape index (κ1) is 15.8. The highest BCUT2D eigenvalue weighted by molar-refractivity contribution is 14.1. The molecule has 0 aliphatic heterocycles. The number of amides is 2. The summed E-state index contributed by atoms with van der Waals surface area (Å²) in [5.41, 5.74) is 0. The maximum Gasteiger partial charge on any atom is 0.395 e. The molecule has 0 heterocycles. The van der Waals surface area contributed by atoms with Crippen molar-refractivity contribution in [3.05, 3.63) is 0 Å². The molecule has 0 spiro atoms. The van der Waals surface area contributed by atoms with Gasteiger partial charge in [0.05, 0.1) is 45.7 Å². The van der Waals surface area contributed by atoms with Gasteiger partial charge in [-0.2, -0.15) is 0 Å². The Kier molecular flexibility index (Phi) is 10.1. The SMILES string of the molecule is O=C(O)C(=O)NI.O=C(O)C(=O)NI. The zero-order chi connectivity index (χ0) is 11.7. The minimum atomic E-state index is -1.46. The number of carboxylic acids is 2. The maximum atomic E-state index is 9.79. The van der Waals surface area contributed by atoms with Crippen molar-refractivity contribution in [3.63, 3.8) is 0 Å². The van der Waals surface area contributed by atoms with Crippen molar-refractivity contribution in [2.45, 2.75) is 0 Å². The molecule has 80 valence electrons. The summed E-state index contributed by atoms with van der Waals surface area (Å²) in [6.45, 7) is 0. The summed E-state index contributed by atoms with van der Waals surface area (Å²) in [6, 6.07) is 0. The third kappa shape index (κ3) is 9.43. The van der Waals surface area contributed by atoms with Crippen LogP contribution in [-0.2, 0) is 19.2 Å². The molecular weight excluding hydrogens is 426 g/mol. The van der Waals surface area contributed by atoms with Crippen LogP contribution in [0.15, 0.2) is 0 Å². The second kappa shape index (κ2) is 8.92. The first-order valence-electron chi connectivity index (χ1n) is 2.64. The molecule has 0 aliphatic carbocycles. The van der Waals surface area contributed by atoms with Gasteiger partial charge in [0.1, 0.15) is 0 Å². The lowest BCUT2D eigenvalue weighted by atomic mass is 10.7. The van der Waals surface area contributed by atoms with Crippen LogP contribution in [0.2, 0.25) is 0 Å². The molecule has 14 heavy (non-hydrogen) atoms. The summed E-state index contributed by atoms with van der Waals surface area (Å²) in [5, 5.41) is 15.5. The normalized spacial score (nSPS) is 7.57. The van der Waals surface area contributed by atoms with Crippen molar-refractivity contribution in [1.29, 1.82) is 0 Å². The van der Waals surface area contributed by atoms with Crippen LogP contribution in [0.4, 0.5) is 0 Å². The Labute approximate surface area is 105 Å². The lowest BCUT2D eigenvalue weighted by Gasteiger charge is -1.83. The fraction of sp³-hybridized carbons (Fsp3) is 0. The Morgan fingerprint density at radius 2 is 1.00 bits per heavy atom. The molecule has 4 N–H and O–H groups in total. The molecule has 0 rings (SSSR count). The monoisotopic (exact) mass is 430 g/mol. The molecule has 0 unspecified atom stereocenters. The zero-order valence-corrected chi connectivity index (χ0v) is 10.6. The minimum Gasteiger partial charge on any atom is -0.474 e. The van der Waals surface area contributed by atoms with E-state index in [1.807, 2.05) is 7.06 Å². The van der Waals surface area contributed by atoms with Gasteiger partial charge in [0.25, 0.3) is 0 Å². The van der Waals surface area contributed by atoms with Gasteiger partial charge in [-0.15, -0.1) is 0 Å². The van der Waals surface area contributed by atoms with Crippen molar-refractivity contribution < 1.29 is 29.4 Å². The first-order valence-corrected chi connectivity index (χ1v) is 4.80. The van der Waals surface area contributed by atoms with Gasteiger partial charge >= 0.3 is 23.8 Å². The highest BCUT2D eigenvalue weighted by Crippen LogP contribution is 1.70. The van der Waals surface area contributed by atoms with Crippen molar-refractivity contribution in [3.8, 4) is 0 Å². The van der Waals surface area contributed by atoms with Gasteiger partial charge in [0.15, 0.2) is 0 Å². The Balaban J connectivity index is 0. The molecule has 0 aromatic carbocycles. The van der Waals surface area contributed by atoms with E-state index < -0.39 is 23.8 Å². The van der Waals surface area contributed by atoms with Crippen molar-refractivity contribution in [2.24, 2.45) is 0 Å². The number of aliphatic carboxylic acids is 2. The van der Waals surface area contributed by atoms with E-state index >= 15 is 0 Å². The van der Waals surface area contributed by atoms with E-state index in [-0.39, 0.29) is 0 Å².